The summed E-state index contributed by atoms with van der Waals surface area (Å²) in [5, 5.41) is 12.6. The molecular formula is C16H27N2O3+. The molecule has 21 heavy (non-hydrogen) atoms. The van der Waals surface area contributed by atoms with Crippen LogP contribution in [0, 0.1) is 0 Å². The molecular weight excluding hydrogens is 268 g/mol. The monoisotopic (exact) mass is 295 g/mol. The number of hydrogen-bond acceptors (Lipinski definition) is 3. The minimum Gasteiger partial charge on any atom is -0.507 e. The molecule has 0 heterocycles. The number of rotatable bonds is 10. The molecule has 0 aromatic heterocycles. The first kappa shape index (κ1) is 17.3. The van der Waals surface area contributed by atoms with Gasteiger partial charge in [-0.2, -0.15) is 0 Å². The van der Waals surface area contributed by atoms with Crippen LogP contribution in [-0.2, 0) is 0 Å². The first-order valence-corrected chi connectivity index (χ1v) is 7.63. The molecule has 0 aliphatic carbocycles. The molecule has 118 valence electrons. The summed E-state index contributed by atoms with van der Waals surface area (Å²) in [4.78, 5) is 11.9. The average molecular weight is 295 g/mol. The summed E-state index contributed by atoms with van der Waals surface area (Å²) in [5.74, 6) is 0.235. The van der Waals surface area contributed by atoms with E-state index in [9.17, 15) is 9.90 Å². The number of benzene rings is 1. The Morgan fingerprint density at radius 1 is 1.19 bits per heavy atom. The van der Waals surface area contributed by atoms with E-state index in [-0.39, 0.29) is 17.2 Å². The highest BCUT2D eigenvalue weighted by atomic mass is 16.5. The lowest BCUT2D eigenvalue weighted by molar-refractivity contribution is -0.368. The lowest BCUT2D eigenvalue weighted by Crippen LogP contribution is -2.50. The minimum absolute atomic E-state index is 0.0555. The van der Waals surface area contributed by atoms with Gasteiger partial charge in [0.1, 0.15) is 11.5 Å². The zero-order valence-corrected chi connectivity index (χ0v) is 12.9. The lowest BCUT2D eigenvalue weighted by atomic mass is 10.1. The van der Waals surface area contributed by atoms with Crippen LogP contribution < -0.4 is 15.8 Å². The maximum Gasteiger partial charge on any atom is 0.255 e. The molecule has 0 radical (unpaired) electrons. The predicted octanol–water partition coefficient (Wildman–Crippen LogP) is 1.71. The molecule has 0 bridgehead atoms. The Balaban J connectivity index is 2.22. The highest BCUT2D eigenvalue weighted by Crippen LogP contribution is 2.23. The minimum atomic E-state index is -0.243. The summed E-state index contributed by atoms with van der Waals surface area (Å²) in [7, 11) is 1.52. The number of phenols is 1. The standard InChI is InChI=1S/C16H26N2O3/c1-21-13-8-9-14(15(19)12-13)16(20)18-11-7-5-3-2-4-6-10-17/h8-9,12,19H,2-7,10-11,17H2,1H3,(H,18,20)/p+1. The van der Waals surface area contributed by atoms with Crippen molar-refractivity contribution >= 4 is 5.91 Å². The Labute approximate surface area is 126 Å². The quantitative estimate of drug-likeness (QED) is 0.574. The van der Waals surface area contributed by atoms with E-state index in [2.05, 4.69) is 11.1 Å². The van der Waals surface area contributed by atoms with Gasteiger partial charge in [-0.1, -0.05) is 19.3 Å². The van der Waals surface area contributed by atoms with Gasteiger partial charge in [-0.3, -0.25) is 4.79 Å². The number of methoxy groups -OCH3 is 1. The molecule has 1 amide bonds. The van der Waals surface area contributed by atoms with Gasteiger partial charge in [-0.05, 0) is 31.4 Å². The van der Waals surface area contributed by atoms with Crippen LogP contribution in [0.25, 0.3) is 0 Å². The maximum absolute atomic E-state index is 11.9. The third kappa shape index (κ3) is 6.49. The van der Waals surface area contributed by atoms with Crippen molar-refractivity contribution in [2.75, 3.05) is 20.2 Å². The van der Waals surface area contributed by atoms with Crippen LogP contribution in [0.15, 0.2) is 18.2 Å². The van der Waals surface area contributed by atoms with Crippen LogP contribution >= 0.6 is 0 Å². The summed E-state index contributed by atoms with van der Waals surface area (Å²) in [6, 6.07) is 4.68. The van der Waals surface area contributed by atoms with E-state index in [1.165, 1.54) is 38.9 Å². The fraction of sp³-hybridized carbons (Fsp3) is 0.562. The molecule has 0 aliphatic heterocycles. The average Bonchev–Trinajstić information content (AvgIpc) is 2.49. The SMILES string of the molecule is COc1ccc(C(=O)NCCCCCCCC[NH3+])c(O)c1. The molecule has 5 N–H and O–H groups in total. The van der Waals surface area contributed by atoms with Gasteiger partial charge in [-0.15, -0.1) is 0 Å². The van der Waals surface area contributed by atoms with E-state index in [0.717, 1.165) is 19.4 Å². The Kier molecular flexibility index (Phi) is 8.28. The van der Waals surface area contributed by atoms with Crippen LogP contribution in [0.1, 0.15) is 48.9 Å². The fourth-order valence-corrected chi connectivity index (χ4v) is 2.14. The second-order valence-electron chi connectivity index (χ2n) is 5.11. The summed E-state index contributed by atoms with van der Waals surface area (Å²) < 4.78 is 4.99. The first-order valence-electron chi connectivity index (χ1n) is 7.63. The van der Waals surface area contributed by atoms with Crippen molar-refractivity contribution in [2.24, 2.45) is 0 Å². The number of carbonyl (C=O) groups is 1. The van der Waals surface area contributed by atoms with E-state index in [0.29, 0.717) is 12.3 Å². The number of amides is 1. The number of unbranched alkanes of at least 4 members (excludes halogenated alkanes) is 5. The van der Waals surface area contributed by atoms with Crippen molar-refractivity contribution in [3.05, 3.63) is 23.8 Å². The van der Waals surface area contributed by atoms with Gasteiger partial charge in [0.2, 0.25) is 0 Å². The number of aromatic hydroxyl groups is 1. The van der Waals surface area contributed by atoms with Crippen molar-refractivity contribution < 1.29 is 20.4 Å². The van der Waals surface area contributed by atoms with Crippen LogP contribution in [0.3, 0.4) is 0 Å². The van der Waals surface area contributed by atoms with Gasteiger partial charge >= 0.3 is 0 Å². The zero-order chi connectivity index (χ0) is 15.5. The maximum atomic E-state index is 11.9. The molecule has 0 fully saturated rings. The summed E-state index contributed by atoms with van der Waals surface area (Å²) >= 11 is 0. The molecule has 0 atom stereocenters. The summed E-state index contributed by atoms with van der Waals surface area (Å²) in [5.41, 5.74) is 4.11. The topological polar surface area (TPSA) is 86.2 Å². The number of quaternary nitrogens is 1. The van der Waals surface area contributed by atoms with Gasteiger partial charge < -0.3 is 20.9 Å². The second kappa shape index (κ2) is 10.0. The van der Waals surface area contributed by atoms with Gasteiger partial charge in [0, 0.05) is 12.6 Å². The third-order valence-electron chi connectivity index (χ3n) is 3.41. The van der Waals surface area contributed by atoms with E-state index in [1.807, 2.05) is 0 Å². The highest BCUT2D eigenvalue weighted by Gasteiger charge is 2.11. The van der Waals surface area contributed by atoms with Gasteiger partial charge in [0.15, 0.2) is 0 Å². The normalized spacial score (nSPS) is 10.4. The van der Waals surface area contributed by atoms with Crippen LogP contribution in [0.2, 0.25) is 0 Å². The van der Waals surface area contributed by atoms with Crippen molar-refractivity contribution in [1.29, 1.82) is 0 Å². The first-order chi connectivity index (χ1) is 10.2. The highest BCUT2D eigenvalue weighted by molar-refractivity contribution is 5.96. The molecule has 0 saturated carbocycles. The molecule has 1 aromatic carbocycles. The number of phenolic OH excluding ortho intramolecular Hbond substituents is 1. The Hall–Kier alpha value is -1.75. The van der Waals surface area contributed by atoms with E-state index < -0.39 is 0 Å². The zero-order valence-electron chi connectivity index (χ0n) is 12.9. The largest absolute Gasteiger partial charge is 0.507 e. The van der Waals surface area contributed by atoms with E-state index in [4.69, 9.17) is 4.74 Å². The second-order valence-corrected chi connectivity index (χ2v) is 5.11. The number of hydrogen-bond donors (Lipinski definition) is 3. The van der Waals surface area contributed by atoms with Gasteiger partial charge in [-0.25, -0.2) is 0 Å². The van der Waals surface area contributed by atoms with Crippen molar-refractivity contribution in [1.82, 2.24) is 5.32 Å². The Bertz CT molecular complexity index is 436. The summed E-state index contributed by atoms with van der Waals surface area (Å²) in [6.45, 7) is 1.65. The molecule has 1 rings (SSSR count). The van der Waals surface area contributed by atoms with Crippen molar-refractivity contribution in [3.8, 4) is 11.5 Å². The third-order valence-corrected chi connectivity index (χ3v) is 3.41. The fourth-order valence-electron chi connectivity index (χ4n) is 2.14. The number of carbonyl (C=O) groups excluding carboxylic acids is 1. The Morgan fingerprint density at radius 2 is 1.86 bits per heavy atom. The number of ether oxygens (including phenoxy) is 1. The van der Waals surface area contributed by atoms with Gasteiger partial charge in [0.05, 0.1) is 19.2 Å². The lowest BCUT2D eigenvalue weighted by Gasteiger charge is -2.08. The van der Waals surface area contributed by atoms with Crippen molar-refractivity contribution in [3.63, 3.8) is 0 Å². The molecule has 0 unspecified atom stereocenters. The molecule has 0 saturated heterocycles. The molecule has 0 aliphatic rings. The predicted molar refractivity (Wildman–Crippen MR) is 82.4 cm³/mol. The van der Waals surface area contributed by atoms with Crippen LogP contribution in [0.4, 0.5) is 0 Å². The molecule has 5 heteroatoms. The Morgan fingerprint density at radius 3 is 2.48 bits per heavy atom. The van der Waals surface area contributed by atoms with Crippen LogP contribution in [-0.4, -0.2) is 31.2 Å². The van der Waals surface area contributed by atoms with E-state index >= 15 is 0 Å². The summed E-state index contributed by atoms with van der Waals surface area (Å²) in [6.07, 6.45) is 6.97. The van der Waals surface area contributed by atoms with Gasteiger partial charge in [0.25, 0.3) is 5.91 Å². The van der Waals surface area contributed by atoms with Crippen molar-refractivity contribution in [2.45, 2.75) is 38.5 Å². The van der Waals surface area contributed by atoms with Crippen LogP contribution in [0.5, 0.6) is 11.5 Å². The van der Waals surface area contributed by atoms with E-state index in [1.54, 1.807) is 12.1 Å². The number of nitrogens with one attached hydrogen (secondary N) is 1. The smallest absolute Gasteiger partial charge is 0.255 e. The molecule has 1 aromatic rings. The molecule has 0 spiro atoms. The molecule has 5 nitrogen and oxygen atoms in total.